The maximum absolute atomic E-state index is 12.1. The van der Waals surface area contributed by atoms with Crippen LogP contribution in [0.25, 0.3) is 0 Å². The Hall–Kier alpha value is -1.26. The lowest BCUT2D eigenvalue weighted by Crippen LogP contribution is -2.48. The smallest absolute Gasteiger partial charge is 0.407 e. The van der Waals surface area contributed by atoms with Crippen molar-refractivity contribution in [2.75, 3.05) is 0 Å². The number of carboxylic acid groups (broad SMARTS) is 1. The number of hydrogen-bond acceptors (Lipinski definition) is 3. The number of rotatable bonds is 3. The van der Waals surface area contributed by atoms with E-state index in [1.54, 1.807) is 20.8 Å². The minimum absolute atomic E-state index is 0.0949. The molecule has 1 saturated carbocycles. The Morgan fingerprint density at radius 1 is 1.14 bits per heavy atom. The van der Waals surface area contributed by atoms with Gasteiger partial charge in [-0.1, -0.05) is 34.6 Å². The van der Waals surface area contributed by atoms with E-state index in [1.807, 2.05) is 34.6 Å². The molecule has 0 spiro atoms. The summed E-state index contributed by atoms with van der Waals surface area (Å²) in [5, 5.41) is 12.2. The van der Waals surface area contributed by atoms with Crippen LogP contribution in [0.4, 0.5) is 4.79 Å². The fourth-order valence-electron chi connectivity index (χ4n) is 3.05. The Kier molecular flexibility index (Phi) is 4.39. The van der Waals surface area contributed by atoms with Gasteiger partial charge in [-0.05, 0) is 37.5 Å². The van der Waals surface area contributed by atoms with Crippen LogP contribution in [-0.4, -0.2) is 28.8 Å². The summed E-state index contributed by atoms with van der Waals surface area (Å²) in [6.07, 6.45) is -0.491. The van der Waals surface area contributed by atoms with Gasteiger partial charge < -0.3 is 15.2 Å². The summed E-state index contributed by atoms with van der Waals surface area (Å²) in [6.45, 7) is 15.3. The van der Waals surface area contributed by atoms with Crippen molar-refractivity contribution in [2.24, 2.45) is 22.7 Å². The van der Waals surface area contributed by atoms with Gasteiger partial charge in [0.15, 0.2) is 0 Å². The molecule has 0 aromatic carbocycles. The number of hydrogen-bond donors (Lipinski definition) is 2. The van der Waals surface area contributed by atoms with Gasteiger partial charge in [-0.15, -0.1) is 0 Å². The van der Waals surface area contributed by atoms with Gasteiger partial charge in [-0.25, -0.2) is 4.79 Å². The lowest BCUT2D eigenvalue weighted by molar-refractivity contribution is -0.139. The summed E-state index contributed by atoms with van der Waals surface area (Å²) < 4.78 is 5.31. The molecular weight excluding hydrogens is 270 g/mol. The number of carbonyl (C=O) groups is 2. The van der Waals surface area contributed by atoms with Gasteiger partial charge in [0.2, 0.25) is 0 Å². The molecule has 3 atom stereocenters. The van der Waals surface area contributed by atoms with Gasteiger partial charge in [-0.2, -0.15) is 0 Å². The molecule has 1 aliphatic carbocycles. The molecule has 0 aromatic heterocycles. The third kappa shape index (κ3) is 4.11. The maximum atomic E-state index is 12.1. The van der Waals surface area contributed by atoms with E-state index in [1.165, 1.54) is 0 Å². The monoisotopic (exact) mass is 299 g/mol. The van der Waals surface area contributed by atoms with E-state index in [9.17, 15) is 14.7 Å². The number of amides is 1. The molecule has 1 amide bonds. The second-order valence-corrected chi connectivity index (χ2v) is 8.65. The zero-order valence-corrected chi connectivity index (χ0v) is 14.4. The molecule has 0 saturated heterocycles. The Bertz CT molecular complexity index is 429. The molecule has 1 aliphatic rings. The zero-order valence-electron chi connectivity index (χ0n) is 14.4. The van der Waals surface area contributed by atoms with Crippen LogP contribution >= 0.6 is 0 Å². The molecule has 5 heteroatoms. The van der Waals surface area contributed by atoms with E-state index in [0.29, 0.717) is 0 Å². The number of carbonyl (C=O) groups excluding carboxylic acids is 1. The molecule has 5 nitrogen and oxygen atoms in total. The van der Waals surface area contributed by atoms with Crippen LogP contribution in [0.5, 0.6) is 0 Å². The average Bonchev–Trinajstić information content (AvgIpc) is 2.73. The quantitative estimate of drug-likeness (QED) is 0.838. The highest BCUT2D eigenvalue weighted by Gasteiger charge is 2.66. The zero-order chi connectivity index (χ0) is 16.8. The molecule has 2 N–H and O–H groups in total. The van der Waals surface area contributed by atoms with Gasteiger partial charge in [-0.3, -0.25) is 4.79 Å². The largest absolute Gasteiger partial charge is 0.481 e. The first-order chi connectivity index (χ1) is 9.18. The summed E-state index contributed by atoms with van der Waals surface area (Å²) in [6, 6.07) is -0.247. The third-order valence-electron chi connectivity index (χ3n) is 4.14. The molecule has 21 heavy (non-hydrogen) atoms. The molecule has 0 aliphatic heterocycles. The fraction of sp³-hybridized carbons (Fsp3) is 0.875. The van der Waals surface area contributed by atoms with Crippen LogP contribution in [0.1, 0.15) is 55.4 Å². The fourth-order valence-corrected chi connectivity index (χ4v) is 3.05. The Balaban J connectivity index is 2.90. The Morgan fingerprint density at radius 2 is 1.62 bits per heavy atom. The van der Waals surface area contributed by atoms with Crippen LogP contribution < -0.4 is 5.32 Å². The minimum atomic E-state index is -0.801. The first-order valence-electron chi connectivity index (χ1n) is 7.40. The van der Waals surface area contributed by atoms with E-state index < -0.39 is 23.6 Å². The topological polar surface area (TPSA) is 75.6 Å². The van der Waals surface area contributed by atoms with Crippen molar-refractivity contribution in [3.8, 4) is 0 Å². The van der Waals surface area contributed by atoms with E-state index in [-0.39, 0.29) is 22.8 Å². The summed E-state index contributed by atoms with van der Waals surface area (Å²) >= 11 is 0. The van der Waals surface area contributed by atoms with Crippen molar-refractivity contribution >= 4 is 12.1 Å². The second kappa shape index (κ2) is 5.18. The summed E-state index contributed by atoms with van der Waals surface area (Å²) in [5.41, 5.74) is -1.14. The van der Waals surface area contributed by atoms with E-state index >= 15 is 0 Å². The van der Waals surface area contributed by atoms with Gasteiger partial charge >= 0.3 is 12.1 Å². The summed E-state index contributed by atoms with van der Waals surface area (Å²) in [4.78, 5) is 23.4. The predicted molar refractivity (Wildman–Crippen MR) is 81.0 cm³/mol. The number of aliphatic carboxylic acids is 1. The number of nitrogens with one attached hydrogen (secondary N) is 1. The van der Waals surface area contributed by atoms with Crippen molar-refractivity contribution in [3.63, 3.8) is 0 Å². The summed E-state index contributed by atoms with van der Waals surface area (Å²) in [5.74, 6) is -1.33. The van der Waals surface area contributed by atoms with Gasteiger partial charge in [0.25, 0.3) is 0 Å². The maximum Gasteiger partial charge on any atom is 0.407 e. The SMILES string of the molecule is CC(C)(C)OC(=O)NC([C@@H]1[C@@H](C(=O)O)C1(C)C)C(C)(C)C. The summed E-state index contributed by atoms with van der Waals surface area (Å²) in [7, 11) is 0. The van der Waals surface area contributed by atoms with Crippen molar-refractivity contribution < 1.29 is 19.4 Å². The number of carboxylic acids is 1. The molecule has 0 radical (unpaired) electrons. The molecule has 1 fully saturated rings. The van der Waals surface area contributed by atoms with Crippen LogP contribution in [-0.2, 0) is 9.53 Å². The van der Waals surface area contributed by atoms with Crippen LogP contribution in [0.2, 0.25) is 0 Å². The van der Waals surface area contributed by atoms with Crippen LogP contribution in [0.15, 0.2) is 0 Å². The Morgan fingerprint density at radius 3 is 1.90 bits per heavy atom. The lowest BCUT2D eigenvalue weighted by atomic mass is 9.81. The molecule has 122 valence electrons. The number of alkyl carbamates (subject to hydrolysis) is 1. The molecule has 1 rings (SSSR count). The molecule has 1 unspecified atom stereocenters. The lowest BCUT2D eigenvalue weighted by Gasteiger charge is -2.33. The molecule has 0 bridgehead atoms. The first-order valence-corrected chi connectivity index (χ1v) is 7.40. The highest BCUT2D eigenvalue weighted by Crippen LogP contribution is 2.62. The first kappa shape index (κ1) is 17.8. The van der Waals surface area contributed by atoms with Crippen molar-refractivity contribution in [1.29, 1.82) is 0 Å². The van der Waals surface area contributed by atoms with E-state index in [0.717, 1.165) is 0 Å². The average molecular weight is 299 g/mol. The van der Waals surface area contributed by atoms with Crippen molar-refractivity contribution in [1.82, 2.24) is 5.32 Å². The standard InChI is InChI=1S/C16H29NO4/c1-14(2,3)11(17-13(20)21-15(4,5)6)9-10(12(18)19)16(9,7)8/h9-11H,1-8H3,(H,17,20)(H,18,19)/t9-,10-,11?/m0/s1. The highest BCUT2D eigenvalue weighted by atomic mass is 16.6. The highest BCUT2D eigenvalue weighted by molar-refractivity contribution is 5.76. The number of ether oxygens (including phenoxy) is 1. The van der Waals surface area contributed by atoms with Crippen LogP contribution in [0.3, 0.4) is 0 Å². The normalized spacial score (nSPS) is 25.9. The van der Waals surface area contributed by atoms with E-state index in [2.05, 4.69) is 5.32 Å². The van der Waals surface area contributed by atoms with Crippen LogP contribution in [0, 0.1) is 22.7 Å². The predicted octanol–water partition coefficient (Wildman–Crippen LogP) is 3.28. The molecule has 0 aromatic rings. The van der Waals surface area contributed by atoms with Gasteiger partial charge in [0, 0.05) is 6.04 Å². The second-order valence-electron chi connectivity index (χ2n) is 8.65. The van der Waals surface area contributed by atoms with Gasteiger partial charge in [0.1, 0.15) is 5.60 Å². The third-order valence-corrected chi connectivity index (χ3v) is 4.14. The molecule has 0 heterocycles. The van der Waals surface area contributed by atoms with Crippen molar-refractivity contribution in [2.45, 2.75) is 67.0 Å². The van der Waals surface area contributed by atoms with Crippen molar-refractivity contribution in [3.05, 3.63) is 0 Å². The molecular formula is C16H29NO4. The van der Waals surface area contributed by atoms with E-state index in [4.69, 9.17) is 4.74 Å². The van der Waals surface area contributed by atoms with Gasteiger partial charge in [0.05, 0.1) is 5.92 Å². The minimum Gasteiger partial charge on any atom is -0.481 e. The Labute approximate surface area is 127 Å².